The summed E-state index contributed by atoms with van der Waals surface area (Å²) in [6, 6.07) is -0.336. The first-order valence-corrected chi connectivity index (χ1v) is 5.92. The second-order valence-electron chi connectivity index (χ2n) is 4.48. The lowest BCUT2D eigenvalue weighted by atomic mass is 10.00. The average Bonchev–Trinajstić information content (AvgIpc) is 2.95. The summed E-state index contributed by atoms with van der Waals surface area (Å²) in [6.07, 6.45) is 2.70. The number of hydrogen-bond acceptors (Lipinski definition) is 3. The van der Waals surface area contributed by atoms with Crippen molar-refractivity contribution in [3.8, 4) is 5.82 Å². The first kappa shape index (κ1) is 11.6. The molecule has 3 rings (SSSR count). The molecule has 0 aliphatic carbocycles. The molecule has 1 amide bonds. The van der Waals surface area contributed by atoms with Gasteiger partial charge in [-0.25, -0.2) is 14.2 Å². The van der Waals surface area contributed by atoms with Crippen molar-refractivity contribution >= 4 is 6.09 Å². The molecule has 19 heavy (non-hydrogen) atoms. The average molecular weight is 263 g/mol. The van der Waals surface area contributed by atoms with Crippen LogP contribution >= 0.6 is 0 Å². The molecule has 0 radical (unpaired) electrons. The minimum Gasteiger partial charge on any atom is -0.465 e. The predicted octanol–water partition coefficient (Wildman–Crippen LogP) is 0.486. The minimum absolute atomic E-state index is 0.297. The summed E-state index contributed by atoms with van der Waals surface area (Å²) in [5.41, 5.74) is 1.34. The van der Waals surface area contributed by atoms with E-state index in [1.165, 1.54) is 15.7 Å². The zero-order valence-electron chi connectivity index (χ0n) is 10.3. The number of imidazole rings is 1. The quantitative estimate of drug-likeness (QED) is 0.695. The molecule has 0 aromatic carbocycles. The van der Waals surface area contributed by atoms with Crippen LogP contribution in [0.5, 0.6) is 0 Å². The van der Waals surface area contributed by atoms with Gasteiger partial charge in [-0.1, -0.05) is 0 Å². The van der Waals surface area contributed by atoms with Crippen molar-refractivity contribution in [1.82, 2.24) is 24.6 Å². The van der Waals surface area contributed by atoms with Crippen molar-refractivity contribution in [2.45, 2.75) is 19.4 Å². The lowest BCUT2D eigenvalue weighted by Crippen LogP contribution is -2.38. The van der Waals surface area contributed by atoms with E-state index in [-0.39, 0.29) is 11.7 Å². The van der Waals surface area contributed by atoms with Gasteiger partial charge in [0.1, 0.15) is 0 Å². The lowest BCUT2D eigenvalue weighted by molar-refractivity contribution is 0.124. The monoisotopic (exact) mass is 263 g/mol. The van der Waals surface area contributed by atoms with Crippen LogP contribution in [0.4, 0.5) is 4.79 Å². The van der Waals surface area contributed by atoms with Gasteiger partial charge in [0.25, 0.3) is 0 Å². The van der Waals surface area contributed by atoms with E-state index in [1.807, 2.05) is 0 Å². The fourth-order valence-corrected chi connectivity index (χ4v) is 2.52. The molecule has 1 unspecified atom stereocenters. The Morgan fingerprint density at radius 2 is 2.37 bits per heavy atom. The van der Waals surface area contributed by atoms with E-state index in [0.29, 0.717) is 18.8 Å². The summed E-state index contributed by atoms with van der Waals surface area (Å²) < 4.78 is 1.37. The Morgan fingerprint density at radius 1 is 1.58 bits per heavy atom. The zero-order valence-corrected chi connectivity index (χ0v) is 10.3. The number of carbonyl (C=O) groups is 1. The summed E-state index contributed by atoms with van der Waals surface area (Å²) in [7, 11) is 0. The van der Waals surface area contributed by atoms with Crippen LogP contribution in [-0.4, -0.2) is 42.4 Å². The van der Waals surface area contributed by atoms with Crippen molar-refractivity contribution in [1.29, 1.82) is 0 Å². The molecule has 0 saturated carbocycles. The Bertz CT molecular complexity index is 683. The van der Waals surface area contributed by atoms with Gasteiger partial charge in [0.15, 0.2) is 5.82 Å². The van der Waals surface area contributed by atoms with Gasteiger partial charge in [-0.2, -0.15) is 5.10 Å². The van der Waals surface area contributed by atoms with Gasteiger partial charge >= 0.3 is 11.8 Å². The maximum absolute atomic E-state index is 11.6. The molecule has 8 heteroatoms. The smallest absolute Gasteiger partial charge is 0.407 e. The summed E-state index contributed by atoms with van der Waals surface area (Å²) in [5, 5.41) is 16.2. The highest BCUT2D eigenvalue weighted by atomic mass is 16.4. The number of carboxylic acid groups (broad SMARTS) is 1. The Balaban J connectivity index is 2.13. The second kappa shape index (κ2) is 4.01. The van der Waals surface area contributed by atoms with Gasteiger partial charge in [0.05, 0.1) is 6.04 Å². The Kier molecular flexibility index (Phi) is 2.44. The number of aromatic nitrogens is 4. The molecule has 1 aliphatic rings. The number of hydrogen-bond donors (Lipinski definition) is 3. The van der Waals surface area contributed by atoms with Crippen LogP contribution in [0.15, 0.2) is 17.2 Å². The largest absolute Gasteiger partial charge is 0.465 e. The third-order valence-corrected chi connectivity index (χ3v) is 3.47. The van der Waals surface area contributed by atoms with Crippen molar-refractivity contribution in [2.24, 2.45) is 0 Å². The molecule has 2 aromatic rings. The third-order valence-electron chi connectivity index (χ3n) is 3.47. The van der Waals surface area contributed by atoms with Gasteiger partial charge < -0.3 is 15.0 Å². The molecule has 2 aromatic heterocycles. The SMILES string of the molecule is CC1c2c(-n3cc[nH]c3=O)n[nH]c2CCN1C(=O)O. The van der Waals surface area contributed by atoms with Crippen molar-refractivity contribution in [3.63, 3.8) is 0 Å². The number of nitrogens with zero attached hydrogens (tertiary/aromatic N) is 3. The van der Waals surface area contributed by atoms with Crippen LogP contribution in [0.25, 0.3) is 5.82 Å². The summed E-state index contributed by atoms with van der Waals surface area (Å²) >= 11 is 0. The molecule has 0 saturated heterocycles. The second-order valence-corrected chi connectivity index (χ2v) is 4.48. The Morgan fingerprint density at radius 3 is 3.00 bits per heavy atom. The molecule has 3 N–H and O–H groups in total. The highest BCUT2D eigenvalue weighted by molar-refractivity contribution is 5.67. The van der Waals surface area contributed by atoms with Gasteiger partial charge in [0, 0.05) is 36.6 Å². The van der Waals surface area contributed by atoms with Crippen LogP contribution in [0.2, 0.25) is 0 Å². The maximum atomic E-state index is 11.6. The van der Waals surface area contributed by atoms with E-state index in [0.717, 1.165) is 11.3 Å². The van der Waals surface area contributed by atoms with E-state index in [1.54, 1.807) is 13.1 Å². The van der Waals surface area contributed by atoms with E-state index in [9.17, 15) is 9.59 Å². The standard InChI is InChI=1S/C11H13N5O3/c1-6-8-7(2-4-15(6)11(18)19)13-14-9(8)16-5-3-12-10(16)17/h3,5-6H,2,4H2,1H3,(H,12,17)(H,13,14)(H,18,19). The minimum atomic E-state index is -0.966. The van der Waals surface area contributed by atoms with Gasteiger partial charge in [-0.3, -0.25) is 5.10 Å². The summed E-state index contributed by atoms with van der Waals surface area (Å²) in [6.45, 7) is 2.22. The topological polar surface area (TPSA) is 107 Å². The van der Waals surface area contributed by atoms with Crippen LogP contribution in [0.3, 0.4) is 0 Å². The number of H-pyrrole nitrogens is 2. The highest BCUT2D eigenvalue weighted by Crippen LogP contribution is 2.31. The molecule has 0 fully saturated rings. The van der Waals surface area contributed by atoms with E-state index in [4.69, 9.17) is 5.11 Å². The van der Waals surface area contributed by atoms with Crippen molar-refractivity contribution in [2.75, 3.05) is 6.54 Å². The number of nitrogens with one attached hydrogen (secondary N) is 2. The number of fused-ring (bicyclic) bond motifs is 1. The highest BCUT2D eigenvalue weighted by Gasteiger charge is 2.32. The van der Waals surface area contributed by atoms with Crippen LogP contribution < -0.4 is 5.69 Å². The molecule has 8 nitrogen and oxygen atoms in total. The zero-order chi connectivity index (χ0) is 13.6. The summed E-state index contributed by atoms with van der Waals surface area (Å²) in [5.74, 6) is 0.458. The molecule has 3 heterocycles. The lowest BCUT2D eigenvalue weighted by Gasteiger charge is -2.31. The molecule has 0 spiro atoms. The maximum Gasteiger partial charge on any atom is 0.407 e. The van der Waals surface area contributed by atoms with Gasteiger partial charge in [-0.15, -0.1) is 0 Å². The van der Waals surface area contributed by atoms with E-state index < -0.39 is 6.09 Å². The predicted molar refractivity (Wildman–Crippen MR) is 65.4 cm³/mol. The normalized spacial score (nSPS) is 18.4. The Hall–Kier alpha value is -2.51. The first-order valence-electron chi connectivity index (χ1n) is 5.92. The van der Waals surface area contributed by atoms with E-state index >= 15 is 0 Å². The Labute approximate surface area is 107 Å². The van der Waals surface area contributed by atoms with E-state index in [2.05, 4.69) is 15.2 Å². The number of aromatic amines is 2. The van der Waals surface area contributed by atoms with Crippen molar-refractivity contribution < 1.29 is 9.90 Å². The number of rotatable bonds is 1. The van der Waals surface area contributed by atoms with Crippen LogP contribution in [0, 0.1) is 0 Å². The fraction of sp³-hybridized carbons (Fsp3) is 0.364. The molecule has 0 bridgehead atoms. The third kappa shape index (κ3) is 1.64. The molecule has 1 atom stereocenters. The van der Waals surface area contributed by atoms with Crippen LogP contribution in [0.1, 0.15) is 24.2 Å². The summed E-state index contributed by atoms with van der Waals surface area (Å²) in [4.78, 5) is 26.7. The molecule has 100 valence electrons. The molecular formula is C11H13N5O3. The number of amides is 1. The van der Waals surface area contributed by atoms with Gasteiger partial charge in [-0.05, 0) is 6.92 Å². The van der Waals surface area contributed by atoms with Crippen molar-refractivity contribution in [3.05, 3.63) is 34.1 Å². The molecular weight excluding hydrogens is 250 g/mol. The van der Waals surface area contributed by atoms with Gasteiger partial charge in [0.2, 0.25) is 0 Å². The first-order chi connectivity index (χ1) is 9.09. The fourth-order valence-electron chi connectivity index (χ4n) is 2.52. The van der Waals surface area contributed by atoms with Crippen LogP contribution in [-0.2, 0) is 6.42 Å². The molecule has 1 aliphatic heterocycles.